The molecular formula is C12H18N4O2. The summed E-state index contributed by atoms with van der Waals surface area (Å²) in [6.45, 7) is 3.75. The number of nitrogens with two attached hydrogens (primary N) is 1. The molecule has 0 radical (unpaired) electrons. The van der Waals surface area contributed by atoms with Crippen LogP contribution >= 0.6 is 0 Å². The van der Waals surface area contributed by atoms with Crippen molar-refractivity contribution in [1.29, 1.82) is 5.41 Å². The molecule has 18 heavy (non-hydrogen) atoms. The van der Waals surface area contributed by atoms with Gasteiger partial charge in [-0.2, -0.15) is 5.53 Å². The van der Waals surface area contributed by atoms with E-state index in [9.17, 15) is 4.79 Å². The topological polar surface area (TPSA) is 91.4 Å². The van der Waals surface area contributed by atoms with Crippen molar-refractivity contribution in [1.82, 2.24) is 5.53 Å². The van der Waals surface area contributed by atoms with Crippen LogP contribution in [0.4, 0.5) is 5.69 Å². The highest BCUT2D eigenvalue weighted by Gasteiger charge is 2.13. The van der Waals surface area contributed by atoms with Crippen molar-refractivity contribution in [2.24, 2.45) is 11.8 Å². The summed E-state index contributed by atoms with van der Waals surface area (Å²) >= 11 is 0. The molecule has 0 spiro atoms. The van der Waals surface area contributed by atoms with Gasteiger partial charge in [0.2, 0.25) is 0 Å². The average Bonchev–Trinajstić information content (AvgIpc) is 2.39. The number of nitrogens with zero attached hydrogens (tertiary/aromatic N) is 1. The molecule has 0 aliphatic heterocycles. The molecule has 98 valence electrons. The summed E-state index contributed by atoms with van der Waals surface area (Å²) in [6.07, 6.45) is 1.76. The van der Waals surface area contributed by atoms with E-state index in [1.54, 1.807) is 24.3 Å². The smallest absolute Gasteiger partial charge is 0.314 e. The third-order valence-electron chi connectivity index (χ3n) is 2.60. The highest BCUT2D eigenvalue weighted by Crippen LogP contribution is 2.20. The molecule has 0 bridgehead atoms. The number of hydrogen-bond donors (Lipinski definition) is 3. The fourth-order valence-corrected chi connectivity index (χ4v) is 1.27. The Balaban J connectivity index is 2.82. The van der Waals surface area contributed by atoms with Crippen molar-refractivity contribution in [3.8, 4) is 5.75 Å². The third-order valence-corrected chi connectivity index (χ3v) is 2.60. The molecule has 0 amide bonds. The van der Waals surface area contributed by atoms with Crippen LogP contribution in [0, 0.1) is 11.3 Å². The van der Waals surface area contributed by atoms with Crippen LogP contribution in [-0.2, 0) is 4.79 Å². The van der Waals surface area contributed by atoms with E-state index >= 15 is 0 Å². The first-order valence-electron chi connectivity index (χ1n) is 5.70. The predicted molar refractivity (Wildman–Crippen MR) is 70.1 cm³/mol. The van der Waals surface area contributed by atoms with Gasteiger partial charge in [-0.15, -0.1) is 0 Å². The van der Waals surface area contributed by atoms with Gasteiger partial charge in [0.1, 0.15) is 12.1 Å². The quantitative estimate of drug-likeness (QED) is 0.177. The summed E-state index contributed by atoms with van der Waals surface area (Å²) < 4.78 is 5.24. The fraction of sp³-hybridized carbons (Fsp3) is 0.333. The standard InChI is InChI=1S/C12H18N4O2/c1-3-9(2)12(17)18-11-6-4-5-10(7-11)16(8-13)15-14/h4-9,13,15H,3,14H2,1-2H3. The van der Waals surface area contributed by atoms with Crippen molar-refractivity contribution in [3.63, 3.8) is 0 Å². The number of esters is 1. The molecule has 0 aliphatic rings. The Labute approximate surface area is 106 Å². The van der Waals surface area contributed by atoms with Crippen molar-refractivity contribution >= 4 is 18.0 Å². The fourth-order valence-electron chi connectivity index (χ4n) is 1.27. The number of benzene rings is 1. The number of nitrogens with one attached hydrogen (secondary N) is 2. The van der Waals surface area contributed by atoms with Crippen LogP contribution < -0.4 is 21.1 Å². The maximum atomic E-state index is 11.6. The average molecular weight is 250 g/mol. The molecule has 4 N–H and O–H groups in total. The number of hydrazine groups is 2. The van der Waals surface area contributed by atoms with Gasteiger partial charge in [0.25, 0.3) is 0 Å². The lowest BCUT2D eigenvalue weighted by Gasteiger charge is -2.17. The molecule has 0 aliphatic carbocycles. The van der Waals surface area contributed by atoms with Crippen LogP contribution in [0.15, 0.2) is 24.3 Å². The molecule has 1 rings (SSSR count). The van der Waals surface area contributed by atoms with Gasteiger partial charge >= 0.3 is 5.97 Å². The van der Waals surface area contributed by atoms with Crippen molar-refractivity contribution in [3.05, 3.63) is 24.3 Å². The molecule has 6 heteroatoms. The third kappa shape index (κ3) is 3.54. The van der Waals surface area contributed by atoms with Crippen LogP contribution in [0.1, 0.15) is 20.3 Å². The summed E-state index contributed by atoms with van der Waals surface area (Å²) in [5.41, 5.74) is 2.95. The zero-order chi connectivity index (χ0) is 13.5. The van der Waals surface area contributed by atoms with Crippen LogP contribution in [0.3, 0.4) is 0 Å². The normalized spacial score (nSPS) is 11.7. The summed E-state index contributed by atoms with van der Waals surface area (Å²) in [5.74, 6) is 5.28. The number of hydrogen-bond acceptors (Lipinski definition) is 5. The maximum absolute atomic E-state index is 11.6. The second kappa shape index (κ2) is 6.73. The number of carbonyl (C=O) groups excluding carboxylic acids is 1. The van der Waals surface area contributed by atoms with Gasteiger partial charge in [-0.1, -0.05) is 19.9 Å². The van der Waals surface area contributed by atoms with Crippen molar-refractivity contribution in [2.45, 2.75) is 20.3 Å². The predicted octanol–water partition coefficient (Wildman–Crippen LogP) is 1.43. The van der Waals surface area contributed by atoms with E-state index in [4.69, 9.17) is 16.0 Å². The molecule has 0 saturated heterocycles. The first-order valence-corrected chi connectivity index (χ1v) is 5.70. The Hall–Kier alpha value is -1.92. The highest BCUT2D eigenvalue weighted by molar-refractivity contribution is 5.78. The molecule has 1 aromatic rings. The van der Waals surface area contributed by atoms with Gasteiger partial charge in [-0.05, 0) is 18.6 Å². The summed E-state index contributed by atoms with van der Waals surface area (Å²) in [7, 11) is 0. The first kappa shape index (κ1) is 14.1. The van der Waals surface area contributed by atoms with Crippen molar-refractivity contribution < 1.29 is 9.53 Å². The molecule has 0 saturated carbocycles. The lowest BCUT2D eigenvalue weighted by Crippen LogP contribution is -2.41. The van der Waals surface area contributed by atoms with E-state index in [1.165, 1.54) is 5.01 Å². The van der Waals surface area contributed by atoms with Crippen LogP contribution in [0.5, 0.6) is 5.75 Å². The van der Waals surface area contributed by atoms with Gasteiger partial charge in [0.15, 0.2) is 0 Å². The van der Waals surface area contributed by atoms with Gasteiger partial charge < -0.3 is 4.74 Å². The lowest BCUT2D eigenvalue weighted by molar-refractivity contribution is -0.138. The molecular weight excluding hydrogens is 232 g/mol. The van der Waals surface area contributed by atoms with Crippen LogP contribution in [-0.4, -0.2) is 12.3 Å². The molecule has 1 unspecified atom stereocenters. The van der Waals surface area contributed by atoms with E-state index < -0.39 is 0 Å². The minimum absolute atomic E-state index is 0.139. The van der Waals surface area contributed by atoms with Gasteiger partial charge in [-0.3, -0.25) is 21.1 Å². The van der Waals surface area contributed by atoms with E-state index in [1.807, 2.05) is 13.8 Å². The highest BCUT2D eigenvalue weighted by atomic mass is 16.5. The SMILES string of the molecule is CCC(C)C(=O)Oc1cccc(N(C=N)NN)c1. The van der Waals surface area contributed by atoms with Gasteiger partial charge in [0, 0.05) is 6.07 Å². The summed E-state index contributed by atoms with van der Waals surface area (Å²) in [5, 5.41) is 8.45. The van der Waals surface area contributed by atoms with Gasteiger partial charge in [-0.25, -0.2) is 0 Å². The van der Waals surface area contributed by atoms with E-state index in [-0.39, 0.29) is 11.9 Å². The maximum Gasteiger partial charge on any atom is 0.314 e. The van der Waals surface area contributed by atoms with Crippen LogP contribution in [0.2, 0.25) is 0 Å². The zero-order valence-electron chi connectivity index (χ0n) is 10.5. The second-order valence-corrected chi connectivity index (χ2v) is 3.86. The first-order chi connectivity index (χ1) is 8.62. The largest absolute Gasteiger partial charge is 0.426 e. The molecule has 0 heterocycles. The number of ether oxygens (including phenoxy) is 1. The molecule has 6 nitrogen and oxygen atoms in total. The van der Waals surface area contributed by atoms with Gasteiger partial charge in [0.05, 0.1) is 11.6 Å². The molecule has 0 fully saturated rings. The molecule has 0 aromatic heterocycles. The monoisotopic (exact) mass is 250 g/mol. The Morgan fingerprint density at radius 1 is 1.67 bits per heavy atom. The Morgan fingerprint density at radius 3 is 2.94 bits per heavy atom. The lowest BCUT2D eigenvalue weighted by atomic mass is 10.1. The van der Waals surface area contributed by atoms with Crippen molar-refractivity contribution in [2.75, 3.05) is 5.01 Å². The van der Waals surface area contributed by atoms with Crippen LogP contribution in [0.25, 0.3) is 0 Å². The summed E-state index contributed by atoms with van der Waals surface area (Å²) in [4.78, 5) is 11.6. The molecule has 1 atom stereocenters. The minimum Gasteiger partial charge on any atom is -0.426 e. The molecule has 1 aromatic carbocycles. The number of anilines is 1. The number of rotatable bonds is 6. The van der Waals surface area contributed by atoms with E-state index in [0.29, 0.717) is 11.4 Å². The van der Waals surface area contributed by atoms with E-state index in [2.05, 4.69) is 5.53 Å². The Morgan fingerprint density at radius 2 is 2.39 bits per heavy atom. The Kier molecular flexibility index (Phi) is 5.29. The Bertz CT molecular complexity index is 422. The second-order valence-electron chi connectivity index (χ2n) is 3.86. The van der Waals surface area contributed by atoms with E-state index in [0.717, 1.165) is 12.8 Å². The minimum atomic E-state index is -0.267. The summed E-state index contributed by atoms with van der Waals surface area (Å²) in [6, 6.07) is 6.78. The number of carbonyl (C=O) groups is 1. The zero-order valence-corrected chi connectivity index (χ0v) is 10.5.